The molecule has 128 valence electrons. The molecule has 24 heavy (non-hydrogen) atoms. The Kier molecular flexibility index (Phi) is 5.47. The van der Waals surface area contributed by atoms with Crippen molar-refractivity contribution in [2.45, 2.75) is 16.3 Å². The zero-order valence-electron chi connectivity index (χ0n) is 13.2. The predicted molar refractivity (Wildman–Crippen MR) is 94.8 cm³/mol. The summed E-state index contributed by atoms with van der Waals surface area (Å²) in [4.78, 5) is 12.8. The van der Waals surface area contributed by atoms with Gasteiger partial charge in [-0.2, -0.15) is 0 Å². The molecular formula is C15H17N3O4S2. The van der Waals surface area contributed by atoms with E-state index in [2.05, 4.69) is 0 Å². The van der Waals surface area contributed by atoms with E-state index in [0.29, 0.717) is 12.2 Å². The summed E-state index contributed by atoms with van der Waals surface area (Å²) < 4.78 is 23.6. The molecule has 2 rings (SSSR count). The van der Waals surface area contributed by atoms with Crippen molar-refractivity contribution in [2.75, 3.05) is 18.2 Å². The van der Waals surface area contributed by atoms with E-state index in [-0.39, 0.29) is 10.6 Å². The molecule has 0 aliphatic carbocycles. The molecule has 0 radical (unpaired) electrons. The molecule has 0 bridgehead atoms. The molecule has 2 aromatic rings. The Balaban J connectivity index is 2.37. The summed E-state index contributed by atoms with van der Waals surface area (Å²) >= 11 is 1.63. The number of non-ortho nitro benzene ring substituents is 1. The standard InChI is InChI=1S/C15H17N3O4S2/c1-17(10-11-3-6-13(23-2)7-4-11)14-8-5-12(18(19)20)9-15(14)24(16,21)22/h3-9H,10H2,1-2H3,(H2,16,21,22). The third-order valence-corrected chi connectivity index (χ3v) is 5.13. The van der Waals surface area contributed by atoms with Crippen LogP contribution in [0, 0.1) is 10.1 Å². The molecular weight excluding hydrogens is 350 g/mol. The molecule has 0 spiro atoms. The van der Waals surface area contributed by atoms with Gasteiger partial charge in [-0.1, -0.05) is 12.1 Å². The Morgan fingerprint density at radius 1 is 1.21 bits per heavy atom. The van der Waals surface area contributed by atoms with E-state index in [1.165, 1.54) is 12.1 Å². The average Bonchev–Trinajstić information content (AvgIpc) is 2.54. The van der Waals surface area contributed by atoms with Crippen molar-refractivity contribution in [3.05, 3.63) is 58.1 Å². The third kappa shape index (κ3) is 4.25. The van der Waals surface area contributed by atoms with Crippen LogP contribution in [0.3, 0.4) is 0 Å². The van der Waals surface area contributed by atoms with Crippen LogP contribution in [0.2, 0.25) is 0 Å². The molecule has 0 aromatic heterocycles. The van der Waals surface area contributed by atoms with E-state index in [0.717, 1.165) is 16.5 Å². The minimum atomic E-state index is -4.09. The van der Waals surface area contributed by atoms with Crippen molar-refractivity contribution < 1.29 is 13.3 Å². The highest BCUT2D eigenvalue weighted by Crippen LogP contribution is 2.29. The SMILES string of the molecule is CSc1ccc(CN(C)c2ccc([N+](=O)[O-])cc2S(N)(=O)=O)cc1. The maximum absolute atomic E-state index is 11.8. The Labute approximate surface area is 144 Å². The number of primary sulfonamides is 1. The summed E-state index contributed by atoms with van der Waals surface area (Å²) in [7, 11) is -2.38. The van der Waals surface area contributed by atoms with Crippen LogP contribution >= 0.6 is 11.8 Å². The molecule has 0 fully saturated rings. The van der Waals surface area contributed by atoms with Gasteiger partial charge in [0.2, 0.25) is 10.0 Å². The third-order valence-electron chi connectivity index (χ3n) is 3.45. The van der Waals surface area contributed by atoms with E-state index in [9.17, 15) is 18.5 Å². The lowest BCUT2D eigenvalue weighted by atomic mass is 10.2. The number of sulfonamides is 1. The van der Waals surface area contributed by atoms with Gasteiger partial charge in [0.1, 0.15) is 4.90 Å². The quantitative estimate of drug-likeness (QED) is 0.478. The van der Waals surface area contributed by atoms with Crippen molar-refractivity contribution in [1.29, 1.82) is 0 Å². The Hall–Kier alpha value is -2.10. The molecule has 0 amide bonds. The van der Waals surface area contributed by atoms with E-state index < -0.39 is 14.9 Å². The van der Waals surface area contributed by atoms with Gasteiger partial charge in [0.05, 0.1) is 10.6 Å². The largest absolute Gasteiger partial charge is 0.369 e. The minimum absolute atomic E-state index is 0.264. The van der Waals surface area contributed by atoms with Crippen LogP contribution in [0.4, 0.5) is 11.4 Å². The number of nitro benzene ring substituents is 1. The van der Waals surface area contributed by atoms with Crippen molar-refractivity contribution in [1.82, 2.24) is 0 Å². The van der Waals surface area contributed by atoms with Crippen LogP contribution in [0.5, 0.6) is 0 Å². The van der Waals surface area contributed by atoms with Gasteiger partial charge in [0.15, 0.2) is 0 Å². The lowest BCUT2D eigenvalue weighted by molar-refractivity contribution is -0.385. The fraction of sp³-hybridized carbons (Fsp3) is 0.200. The number of benzene rings is 2. The first-order valence-electron chi connectivity index (χ1n) is 6.87. The molecule has 9 heteroatoms. The molecule has 0 aliphatic rings. The maximum atomic E-state index is 11.8. The van der Waals surface area contributed by atoms with Crippen LogP contribution in [-0.2, 0) is 16.6 Å². The van der Waals surface area contributed by atoms with Crippen LogP contribution < -0.4 is 10.0 Å². The number of anilines is 1. The Morgan fingerprint density at radius 3 is 2.33 bits per heavy atom. The zero-order chi connectivity index (χ0) is 17.9. The first-order valence-corrected chi connectivity index (χ1v) is 9.65. The van der Waals surface area contributed by atoms with Crippen molar-refractivity contribution >= 4 is 33.2 Å². The van der Waals surface area contributed by atoms with Crippen molar-refractivity contribution in [2.24, 2.45) is 5.14 Å². The topological polar surface area (TPSA) is 107 Å². The van der Waals surface area contributed by atoms with Gasteiger partial charge in [-0.05, 0) is 30.0 Å². The number of rotatable bonds is 6. The number of hydrogen-bond acceptors (Lipinski definition) is 6. The van der Waals surface area contributed by atoms with Crippen LogP contribution in [0.15, 0.2) is 52.3 Å². The molecule has 2 N–H and O–H groups in total. The summed E-state index contributed by atoms with van der Waals surface area (Å²) in [5.41, 5.74) is 0.978. The maximum Gasteiger partial charge on any atom is 0.270 e. The molecule has 0 saturated heterocycles. The lowest BCUT2D eigenvalue weighted by Crippen LogP contribution is -2.22. The number of thioether (sulfide) groups is 1. The summed E-state index contributed by atoms with van der Waals surface area (Å²) in [5, 5.41) is 16.1. The van der Waals surface area contributed by atoms with Crippen molar-refractivity contribution in [3.63, 3.8) is 0 Å². The first kappa shape index (κ1) is 18.2. The smallest absolute Gasteiger partial charge is 0.270 e. The second-order valence-electron chi connectivity index (χ2n) is 5.16. The summed E-state index contributed by atoms with van der Waals surface area (Å²) in [6, 6.07) is 11.5. The number of hydrogen-bond donors (Lipinski definition) is 1. The van der Waals surface area contributed by atoms with E-state index in [4.69, 9.17) is 5.14 Å². The number of nitrogens with zero attached hydrogens (tertiary/aromatic N) is 2. The summed E-state index contributed by atoms with van der Waals surface area (Å²) in [6.07, 6.45) is 1.98. The van der Waals surface area contributed by atoms with Gasteiger partial charge >= 0.3 is 0 Å². The lowest BCUT2D eigenvalue weighted by Gasteiger charge is -2.21. The molecule has 0 aliphatic heterocycles. The number of nitrogens with two attached hydrogens (primary N) is 1. The summed E-state index contributed by atoms with van der Waals surface area (Å²) in [5.74, 6) is 0. The van der Waals surface area contributed by atoms with Crippen LogP contribution in [0.1, 0.15) is 5.56 Å². The van der Waals surface area contributed by atoms with Crippen molar-refractivity contribution in [3.8, 4) is 0 Å². The molecule has 0 saturated carbocycles. The molecule has 2 aromatic carbocycles. The van der Waals surface area contributed by atoms with Gasteiger partial charge in [-0.25, -0.2) is 13.6 Å². The van der Waals surface area contributed by atoms with E-state index in [1.54, 1.807) is 23.7 Å². The predicted octanol–water partition coefficient (Wildman–Crippen LogP) is 2.60. The van der Waals surface area contributed by atoms with Gasteiger partial charge in [0.25, 0.3) is 5.69 Å². The van der Waals surface area contributed by atoms with Crippen LogP contribution in [0.25, 0.3) is 0 Å². The zero-order valence-corrected chi connectivity index (χ0v) is 14.8. The fourth-order valence-electron chi connectivity index (χ4n) is 2.25. The Bertz CT molecular complexity index is 852. The molecule has 0 unspecified atom stereocenters. The first-order chi connectivity index (χ1) is 11.2. The van der Waals surface area contributed by atoms with Crippen LogP contribution in [-0.4, -0.2) is 26.6 Å². The molecule has 0 atom stereocenters. The Morgan fingerprint density at radius 2 is 1.83 bits per heavy atom. The molecule has 0 heterocycles. The second kappa shape index (κ2) is 7.20. The molecule has 7 nitrogen and oxygen atoms in total. The monoisotopic (exact) mass is 367 g/mol. The average molecular weight is 367 g/mol. The van der Waals surface area contributed by atoms with Gasteiger partial charge in [0, 0.05) is 30.6 Å². The fourth-order valence-corrected chi connectivity index (χ4v) is 3.46. The highest BCUT2D eigenvalue weighted by atomic mass is 32.2. The second-order valence-corrected chi connectivity index (χ2v) is 7.57. The number of nitro groups is 1. The summed E-state index contributed by atoms with van der Waals surface area (Å²) in [6.45, 7) is 0.439. The van der Waals surface area contributed by atoms with E-state index in [1.807, 2.05) is 30.5 Å². The highest BCUT2D eigenvalue weighted by Gasteiger charge is 2.21. The van der Waals surface area contributed by atoms with Gasteiger partial charge in [-0.3, -0.25) is 10.1 Å². The normalized spacial score (nSPS) is 11.3. The van der Waals surface area contributed by atoms with Gasteiger partial charge in [-0.15, -0.1) is 11.8 Å². The highest BCUT2D eigenvalue weighted by molar-refractivity contribution is 7.98. The minimum Gasteiger partial charge on any atom is -0.369 e. The van der Waals surface area contributed by atoms with Gasteiger partial charge < -0.3 is 4.90 Å². The van der Waals surface area contributed by atoms with E-state index >= 15 is 0 Å².